The third kappa shape index (κ3) is 2.28. The van der Waals surface area contributed by atoms with E-state index in [1.54, 1.807) is 4.68 Å². The molecule has 1 aliphatic heterocycles. The second kappa shape index (κ2) is 4.55. The molecule has 1 atom stereocenters. The molecule has 90 valence electrons. The number of aryl methyl sites for hydroxylation is 1. The van der Waals surface area contributed by atoms with Crippen molar-refractivity contribution in [2.75, 3.05) is 19.6 Å². The zero-order valence-corrected chi connectivity index (χ0v) is 10.2. The molecule has 1 N–H and O–H groups in total. The third-order valence-corrected chi connectivity index (χ3v) is 3.54. The van der Waals surface area contributed by atoms with E-state index in [9.17, 15) is 5.11 Å². The molecule has 0 radical (unpaired) electrons. The Hall–Kier alpha value is -0.870. The normalized spacial score (nSPS) is 27.9. The monoisotopic (exact) mass is 223 g/mol. The van der Waals surface area contributed by atoms with Gasteiger partial charge in [-0.15, -0.1) is 0 Å². The molecule has 1 aromatic rings. The lowest BCUT2D eigenvalue weighted by Gasteiger charge is -2.24. The average Bonchev–Trinajstić information content (AvgIpc) is 2.61. The summed E-state index contributed by atoms with van der Waals surface area (Å²) in [6.07, 6.45) is 4.55. The summed E-state index contributed by atoms with van der Waals surface area (Å²) in [6.45, 7) is 5.29. The molecule has 0 saturated carbocycles. The predicted octanol–water partition coefficient (Wildman–Crippen LogP) is 1.11. The van der Waals surface area contributed by atoms with Gasteiger partial charge in [-0.1, -0.05) is 6.92 Å². The van der Waals surface area contributed by atoms with Gasteiger partial charge in [0.2, 0.25) is 0 Å². The Bertz CT molecular complexity index is 350. The quantitative estimate of drug-likeness (QED) is 0.816. The fourth-order valence-electron chi connectivity index (χ4n) is 2.41. The Morgan fingerprint density at radius 3 is 2.88 bits per heavy atom. The largest absolute Gasteiger partial charge is 0.383 e. The number of rotatable bonds is 2. The smallest absolute Gasteiger partial charge is 0.110 e. The standard InChI is InChI=1S/C12H21N3O/c1-3-15-8-4-6-12(16,7-10-15)11-5-9-14(2)13-11/h5,9,16H,3-4,6-8,10H2,1-2H3. The minimum atomic E-state index is -0.717. The highest BCUT2D eigenvalue weighted by Gasteiger charge is 2.33. The van der Waals surface area contributed by atoms with Gasteiger partial charge in [-0.2, -0.15) is 5.10 Å². The first-order valence-corrected chi connectivity index (χ1v) is 6.09. The van der Waals surface area contributed by atoms with Crippen molar-refractivity contribution < 1.29 is 5.11 Å². The minimum Gasteiger partial charge on any atom is -0.383 e. The van der Waals surface area contributed by atoms with E-state index in [0.29, 0.717) is 0 Å². The van der Waals surface area contributed by atoms with Crippen LogP contribution >= 0.6 is 0 Å². The fraction of sp³-hybridized carbons (Fsp3) is 0.750. The summed E-state index contributed by atoms with van der Waals surface area (Å²) in [7, 11) is 1.89. The van der Waals surface area contributed by atoms with E-state index in [2.05, 4.69) is 16.9 Å². The van der Waals surface area contributed by atoms with Gasteiger partial charge in [0.25, 0.3) is 0 Å². The second-order valence-electron chi connectivity index (χ2n) is 4.69. The molecule has 0 aromatic carbocycles. The molecule has 0 bridgehead atoms. The van der Waals surface area contributed by atoms with Gasteiger partial charge in [-0.3, -0.25) is 4.68 Å². The van der Waals surface area contributed by atoms with Gasteiger partial charge in [0.1, 0.15) is 5.60 Å². The van der Waals surface area contributed by atoms with Crippen LogP contribution in [0.2, 0.25) is 0 Å². The minimum absolute atomic E-state index is 0.717. The van der Waals surface area contributed by atoms with Crippen LogP contribution in [0.15, 0.2) is 12.3 Å². The molecule has 2 rings (SSSR count). The Morgan fingerprint density at radius 2 is 2.25 bits per heavy atom. The molecule has 1 unspecified atom stereocenters. The Labute approximate surface area is 96.9 Å². The summed E-state index contributed by atoms with van der Waals surface area (Å²) < 4.78 is 1.76. The third-order valence-electron chi connectivity index (χ3n) is 3.54. The maximum Gasteiger partial charge on any atom is 0.110 e. The van der Waals surface area contributed by atoms with Crippen molar-refractivity contribution in [3.8, 4) is 0 Å². The fourth-order valence-corrected chi connectivity index (χ4v) is 2.41. The molecule has 4 heteroatoms. The van der Waals surface area contributed by atoms with E-state index in [-0.39, 0.29) is 0 Å². The molecule has 1 aliphatic rings. The molecule has 2 heterocycles. The van der Waals surface area contributed by atoms with E-state index in [4.69, 9.17) is 0 Å². The Morgan fingerprint density at radius 1 is 1.44 bits per heavy atom. The van der Waals surface area contributed by atoms with Gasteiger partial charge in [0, 0.05) is 19.8 Å². The maximum atomic E-state index is 10.6. The predicted molar refractivity (Wildman–Crippen MR) is 63.1 cm³/mol. The van der Waals surface area contributed by atoms with Gasteiger partial charge in [0.15, 0.2) is 0 Å². The van der Waals surface area contributed by atoms with E-state index in [0.717, 1.165) is 44.6 Å². The molecule has 1 saturated heterocycles. The molecule has 1 fully saturated rings. The molecule has 0 aliphatic carbocycles. The summed E-state index contributed by atoms with van der Waals surface area (Å²) in [5, 5.41) is 15.0. The van der Waals surface area contributed by atoms with Crippen molar-refractivity contribution in [1.29, 1.82) is 0 Å². The summed E-state index contributed by atoms with van der Waals surface area (Å²) in [5.74, 6) is 0. The van der Waals surface area contributed by atoms with Crippen LogP contribution in [0.25, 0.3) is 0 Å². The van der Waals surface area contributed by atoms with Crippen molar-refractivity contribution in [2.45, 2.75) is 31.8 Å². The van der Waals surface area contributed by atoms with Crippen LogP contribution in [0.5, 0.6) is 0 Å². The SMILES string of the molecule is CCN1CCCC(O)(c2ccn(C)n2)CC1. The summed E-state index contributed by atoms with van der Waals surface area (Å²) in [6, 6.07) is 1.93. The van der Waals surface area contributed by atoms with Crippen LogP contribution in [0.4, 0.5) is 0 Å². The number of aromatic nitrogens is 2. The first-order valence-electron chi connectivity index (χ1n) is 6.09. The van der Waals surface area contributed by atoms with Crippen molar-refractivity contribution in [1.82, 2.24) is 14.7 Å². The zero-order chi connectivity index (χ0) is 11.6. The van der Waals surface area contributed by atoms with Crippen molar-refractivity contribution in [3.05, 3.63) is 18.0 Å². The summed E-state index contributed by atoms with van der Waals surface area (Å²) in [4.78, 5) is 2.39. The number of aliphatic hydroxyl groups is 1. The molecule has 0 spiro atoms. The average molecular weight is 223 g/mol. The lowest BCUT2D eigenvalue weighted by atomic mass is 9.91. The highest BCUT2D eigenvalue weighted by molar-refractivity contribution is 5.11. The molecule has 4 nitrogen and oxygen atoms in total. The van der Waals surface area contributed by atoms with E-state index in [1.807, 2.05) is 19.3 Å². The van der Waals surface area contributed by atoms with Crippen LogP contribution in [0.1, 0.15) is 31.9 Å². The van der Waals surface area contributed by atoms with Gasteiger partial charge in [0.05, 0.1) is 5.69 Å². The van der Waals surface area contributed by atoms with Gasteiger partial charge in [-0.25, -0.2) is 0 Å². The molecular formula is C12H21N3O. The summed E-state index contributed by atoms with van der Waals surface area (Å²) in [5.41, 5.74) is 0.110. The van der Waals surface area contributed by atoms with Gasteiger partial charge in [-0.05, 0) is 38.4 Å². The van der Waals surface area contributed by atoms with Crippen LogP contribution in [0.3, 0.4) is 0 Å². The lowest BCUT2D eigenvalue weighted by Crippen LogP contribution is -2.29. The molecular weight excluding hydrogens is 202 g/mol. The van der Waals surface area contributed by atoms with Crippen molar-refractivity contribution in [3.63, 3.8) is 0 Å². The molecule has 16 heavy (non-hydrogen) atoms. The van der Waals surface area contributed by atoms with Crippen LogP contribution in [-0.2, 0) is 12.6 Å². The Balaban J connectivity index is 2.13. The zero-order valence-electron chi connectivity index (χ0n) is 10.2. The number of likely N-dealkylation sites (tertiary alicyclic amines) is 1. The van der Waals surface area contributed by atoms with Crippen LogP contribution < -0.4 is 0 Å². The second-order valence-corrected chi connectivity index (χ2v) is 4.69. The Kier molecular flexibility index (Phi) is 3.30. The first-order chi connectivity index (χ1) is 7.64. The van der Waals surface area contributed by atoms with E-state index < -0.39 is 5.60 Å². The summed E-state index contributed by atoms with van der Waals surface area (Å²) >= 11 is 0. The van der Waals surface area contributed by atoms with Crippen molar-refractivity contribution in [2.24, 2.45) is 7.05 Å². The number of nitrogens with zero attached hydrogens (tertiary/aromatic N) is 3. The van der Waals surface area contributed by atoms with Crippen LogP contribution in [-0.4, -0.2) is 39.4 Å². The molecule has 1 aromatic heterocycles. The van der Waals surface area contributed by atoms with Gasteiger partial charge < -0.3 is 10.0 Å². The van der Waals surface area contributed by atoms with E-state index >= 15 is 0 Å². The van der Waals surface area contributed by atoms with E-state index in [1.165, 1.54) is 0 Å². The maximum absolute atomic E-state index is 10.6. The topological polar surface area (TPSA) is 41.3 Å². The highest BCUT2D eigenvalue weighted by atomic mass is 16.3. The first kappa shape index (κ1) is 11.6. The molecule has 0 amide bonds. The van der Waals surface area contributed by atoms with Crippen molar-refractivity contribution >= 4 is 0 Å². The van der Waals surface area contributed by atoms with Crippen LogP contribution in [0, 0.1) is 0 Å². The highest BCUT2D eigenvalue weighted by Crippen LogP contribution is 2.31. The lowest BCUT2D eigenvalue weighted by molar-refractivity contribution is 0.0166. The number of hydrogen-bond donors (Lipinski definition) is 1. The number of hydrogen-bond acceptors (Lipinski definition) is 3. The van der Waals surface area contributed by atoms with Gasteiger partial charge >= 0.3 is 0 Å².